The first kappa shape index (κ1) is 14.3. The monoisotopic (exact) mass is 298 g/mol. The van der Waals surface area contributed by atoms with Gasteiger partial charge in [-0.15, -0.1) is 0 Å². The molecule has 0 aliphatic carbocycles. The summed E-state index contributed by atoms with van der Waals surface area (Å²) in [5.74, 6) is -2.58. The van der Waals surface area contributed by atoms with Crippen LogP contribution in [-0.2, 0) is 6.61 Å². The second kappa shape index (κ2) is 5.88. The maximum atomic E-state index is 13.2. The van der Waals surface area contributed by atoms with Gasteiger partial charge in [0.15, 0.2) is 0 Å². The highest BCUT2D eigenvalue weighted by atomic mass is 35.5. The van der Waals surface area contributed by atoms with Gasteiger partial charge in [-0.05, 0) is 29.8 Å². The van der Waals surface area contributed by atoms with E-state index in [4.69, 9.17) is 21.4 Å². The van der Waals surface area contributed by atoms with Crippen molar-refractivity contribution >= 4 is 17.6 Å². The van der Waals surface area contributed by atoms with E-state index in [-0.39, 0.29) is 22.9 Å². The molecule has 1 N–H and O–H groups in total. The maximum Gasteiger partial charge on any atom is 0.339 e. The molecule has 2 aromatic carbocycles. The zero-order chi connectivity index (χ0) is 14.7. The number of carbonyl (C=O) groups is 1. The van der Waals surface area contributed by atoms with E-state index in [0.717, 1.165) is 18.2 Å². The van der Waals surface area contributed by atoms with Crippen molar-refractivity contribution in [3.05, 3.63) is 64.2 Å². The van der Waals surface area contributed by atoms with Crippen LogP contribution in [0.25, 0.3) is 0 Å². The average Bonchev–Trinajstić information content (AvgIpc) is 2.40. The van der Waals surface area contributed by atoms with Crippen molar-refractivity contribution in [2.24, 2.45) is 0 Å². The molecule has 20 heavy (non-hydrogen) atoms. The fraction of sp³-hybridized carbons (Fsp3) is 0.0714. The second-order valence-corrected chi connectivity index (χ2v) is 4.39. The largest absolute Gasteiger partial charge is 0.488 e. The zero-order valence-corrected chi connectivity index (χ0v) is 10.8. The fourth-order valence-corrected chi connectivity index (χ4v) is 1.70. The number of hydrogen-bond acceptors (Lipinski definition) is 2. The molecule has 0 aliphatic heterocycles. The molecule has 2 rings (SSSR count). The van der Waals surface area contributed by atoms with Gasteiger partial charge in [0, 0.05) is 6.07 Å². The van der Waals surface area contributed by atoms with Crippen molar-refractivity contribution < 1.29 is 23.4 Å². The van der Waals surface area contributed by atoms with Crippen LogP contribution in [0.3, 0.4) is 0 Å². The Bertz CT molecular complexity index is 659. The molecule has 0 heterocycles. The van der Waals surface area contributed by atoms with Gasteiger partial charge in [0.2, 0.25) is 0 Å². The van der Waals surface area contributed by atoms with Gasteiger partial charge in [0.05, 0.1) is 5.02 Å². The van der Waals surface area contributed by atoms with Crippen molar-refractivity contribution in [3.63, 3.8) is 0 Å². The highest BCUT2D eigenvalue weighted by Gasteiger charge is 2.12. The summed E-state index contributed by atoms with van der Waals surface area (Å²) in [5, 5.41) is 8.93. The van der Waals surface area contributed by atoms with E-state index >= 15 is 0 Å². The van der Waals surface area contributed by atoms with E-state index in [1.54, 1.807) is 0 Å². The molecule has 2 aromatic rings. The van der Waals surface area contributed by atoms with E-state index in [2.05, 4.69) is 0 Å². The molecule has 0 saturated carbocycles. The molecule has 104 valence electrons. The normalized spacial score (nSPS) is 10.3. The zero-order valence-electron chi connectivity index (χ0n) is 10.1. The van der Waals surface area contributed by atoms with Gasteiger partial charge in [0.25, 0.3) is 0 Å². The predicted molar refractivity (Wildman–Crippen MR) is 69.1 cm³/mol. The molecule has 0 aliphatic rings. The van der Waals surface area contributed by atoms with Gasteiger partial charge in [-0.3, -0.25) is 0 Å². The van der Waals surface area contributed by atoms with Crippen LogP contribution < -0.4 is 4.74 Å². The number of rotatable bonds is 4. The van der Waals surface area contributed by atoms with Crippen molar-refractivity contribution in [2.75, 3.05) is 0 Å². The summed E-state index contributed by atoms with van der Waals surface area (Å²) in [4.78, 5) is 11.0. The van der Waals surface area contributed by atoms with Crippen molar-refractivity contribution in [1.82, 2.24) is 0 Å². The molecule has 6 heteroatoms. The molecular formula is C14H9ClF2O3. The van der Waals surface area contributed by atoms with E-state index in [1.165, 1.54) is 18.2 Å². The fourth-order valence-electron chi connectivity index (χ4n) is 1.58. The summed E-state index contributed by atoms with van der Waals surface area (Å²) in [6.07, 6.45) is 0. The molecule has 0 bridgehead atoms. The lowest BCUT2D eigenvalue weighted by molar-refractivity contribution is 0.0691. The Hall–Kier alpha value is -2.14. The van der Waals surface area contributed by atoms with Gasteiger partial charge in [-0.25, -0.2) is 13.6 Å². The molecule has 0 atom stereocenters. The Morgan fingerprint density at radius 2 is 1.95 bits per heavy atom. The van der Waals surface area contributed by atoms with Crippen molar-refractivity contribution in [1.29, 1.82) is 0 Å². The highest BCUT2D eigenvalue weighted by Crippen LogP contribution is 2.22. The van der Waals surface area contributed by atoms with E-state index in [1.807, 2.05) is 0 Å². The van der Waals surface area contributed by atoms with Crippen LogP contribution in [0.1, 0.15) is 15.9 Å². The summed E-state index contributed by atoms with van der Waals surface area (Å²) in [6.45, 7) is -0.0994. The van der Waals surface area contributed by atoms with Crippen LogP contribution in [0.5, 0.6) is 5.75 Å². The Morgan fingerprint density at radius 1 is 1.20 bits per heavy atom. The number of ether oxygens (including phenoxy) is 1. The lowest BCUT2D eigenvalue weighted by Crippen LogP contribution is -2.04. The number of carboxylic acids is 1. The van der Waals surface area contributed by atoms with E-state index in [0.29, 0.717) is 5.56 Å². The van der Waals surface area contributed by atoms with Crippen molar-refractivity contribution in [2.45, 2.75) is 6.61 Å². The number of hydrogen-bond donors (Lipinski definition) is 1. The minimum atomic E-state index is -1.23. The van der Waals surface area contributed by atoms with Crippen LogP contribution in [0, 0.1) is 11.6 Å². The third-order valence-electron chi connectivity index (χ3n) is 2.55. The van der Waals surface area contributed by atoms with Crippen LogP contribution >= 0.6 is 11.6 Å². The Morgan fingerprint density at radius 3 is 2.60 bits per heavy atom. The molecule has 0 fully saturated rings. The minimum absolute atomic E-state index is 0.0225. The average molecular weight is 299 g/mol. The third-order valence-corrected chi connectivity index (χ3v) is 2.86. The lowest BCUT2D eigenvalue weighted by Gasteiger charge is -2.09. The summed E-state index contributed by atoms with van der Waals surface area (Å²) < 4.78 is 31.6. The Balaban J connectivity index is 2.20. The first-order valence-corrected chi connectivity index (χ1v) is 5.95. The van der Waals surface area contributed by atoms with Gasteiger partial charge in [0.1, 0.15) is 29.6 Å². The number of aromatic carboxylic acids is 1. The molecular weight excluding hydrogens is 290 g/mol. The number of halogens is 3. The van der Waals surface area contributed by atoms with Crippen LogP contribution in [-0.4, -0.2) is 11.1 Å². The van der Waals surface area contributed by atoms with E-state index < -0.39 is 17.6 Å². The van der Waals surface area contributed by atoms with Crippen LogP contribution in [0.4, 0.5) is 8.78 Å². The summed E-state index contributed by atoms with van der Waals surface area (Å²) in [5.41, 5.74) is 0.285. The Labute approximate surface area is 118 Å². The van der Waals surface area contributed by atoms with Crippen molar-refractivity contribution in [3.8, 4) is 5.75 Å². The number of carboxylic acid groups (broad SMARTS) is 1. The topological polar surface area (TPSA) is 46.5 Å². The molecule has 0 saturated heterocycles. The van der Waals surface area contributed by atoms with Gasteiger partial charge in [-0.1, -0.05) is 17.7 Å². The quantitative estimate of drug-likeness (QED) is 0.931. The molecule has 0 radical (unpaired) electrons. The molecule has 0 spiro atoms. The molecule has 3 nitrogen and oxygen atoms in total. The maximum absolute atomic E-state index is 13.2. The first-order valence-electron chi connectivity index (χ1n) is 5.57. The lowest BCUT2D eigenvalue weighted by atomic mass is 10.2. The van der Waals surface area contributed by atoms with Gasteiger partial charge >= 0.3 is 5.97 Å². The summed E-state index contributed by atoms with van der Waals surface area (Å²) in [7, 11) is 0. The van der Waals surface area contributed by atoms with Crippen LogP contribution in [0.15, 0.2) is 36.4 Å². The molecule has 0 unspecified atom stereocenters. The SMILES string of the molecule is O=C(O)c1ccc(F)cc1OCc1ccc(Cl)c(F)c1. The molecule has 0 aromatic heterocycles. The standard InChI is InChI=1S/C14H9ClF2O3/c15-11-4-1-8(5-12(11)17)7-20-13-6-9(16)2-3-10(13)14(18)19/h1-6H,7H2,(H,18,19). The third kappa shape index (κ3) is 3.24. The van der Waals surface area contributed by atoms with Gasteiger partial charge in [-0.2, -0.15) is 0 Å². The van der Waals surface area contributed by atoms with Crippen LogP contribution in [0.2, 0.25) is 5.02 Å². The molecule has 0 amide bonds. The summed E-state index contributed by atoms with van der Waals surface area (Å²) in [6, 6.07) is 7.16. The summed E-state index contributed by atoms with van der Waals surface area (Å²) >= 11 is 5.54. The van der Waals surface area contributed by atoms with E-state index in [9.17, 15) is 13.6 Å². The predicted octanol–water partition coefficient (Wildman–Crippen LogP) is 3.90. The van der Waals surface area contributed by atoms with Gasteiger partial charge < -0.3 is 9.84 Å². The highest BCUT2D eigenvalue weighted by molar-refractivity contribution is 6.30. The second-order valence-electron chi connectivity index (χ2n) is 3.98. The first-order chi connectivity index (χ1) is 9.47. The number of benzene rings is 2. The smallest absolute Gasteiger partial charge is 0.339 e. The Kier molecular flexibility index (Phi) is 4.20. The minimum Gasteiger partial charge on any atom is -0.488 e.